The lowest BCUT2D eigenvalue weighted by atomic mass is 10.1. The molecule has 0 saturated carbocycles. The van der Waals surface area contributed by atoms with Gasteiger partial charge in [-0.25, -0.2) is 8.42 Å². The fourth-order valence-corrected chi connectivity index (χ4v) is 5.11. The second-order valence-corrected chi connectivity index (χ2v) is 9.65. The quantitative estimate of drug-likeness (QED) is 0.568. The van der Waals surface area contributed by atoms with E-state index in [0.717, 1.165) is 11.4 Å². The molecule has 1 aliphatic heterocycles. The Labute approximate surface area is 198 Å². The van der Waals surface area contributed by atoms with E-state index < -0.39 is 10.0 Å². The van der Waals surface area contributed by atoms with Crippen LogP contribution in [0.2, 0.25) is 5.02 Å². The van der Waals surface area contributed by atoms with Crippen LogP contribution in [0.3, 0.4) is 0 Å². The first kappa shape index (κ1) is 22.9. The van der Waals surface area contributed by atoms with Crippen molar-refractivity contribution in [1.82, 2.24) is 4.90 Å². The maximum Gasteiger partial charge on any atom is 0.261 e. The van der Waals surface area contributed by atoms with Crippen LogP contribution < -0.4 is 14.4 Å². The monoisotopic (exact) mass is 485 g/mol. The first-order valence-electron chi connectivity index (χ1n) is 10.4. The van der Waals surface area contributed by atoms with Gasteiger partial charge in [0.1, 0.15) is 5.75 Å². The Morgan fingerprint density at radius 2 is 1.61 bits per heavy atom. The van der Waals surface area contributed by atoms with Gasteiger partial charge in [-0.15, -0.1) is 0 Å². The lowest BCUT2D eigenvalue weighted by Gasteiger charge is -2.36. The van der Waals surface area contributed by atoms with Gasteiger partial charge < -0.3 is 14.5 Å². The number of hydrogen-bond acceptors (Lipinski definition) is 5. The molecule has 1 fully saturated rings. The molecule has 7 nitrogen and oxygen atoms in total. The molecule has 0 bridgehead atoms. The number of para-hydroxylation sites is 2. The molecule has 0 radical (unpaired) electrons. The zero-order valence-corrected chi connectivity index (χ0v) is 19.6. The van der Waals surface area contributed by atoms with Crippen molar-refractivity contribution >= 4 is 38.9 Å². The van der Waals surface area contributed by atoms with Gasteiger partial charge in [0, 0.05) is 26.2 Å². The molecule has 1 saturated heterocycles. The summed E-state index contributed by atoms with van der Waals surface area (Å²) in [5.41, 5.74) is 1.63. The van der Waals surface area contributed by atoms with Crippen molar-refractivity contribution in [2.45, 2.75) is 4.90 Å². The number of hydrogen-bond donors (Lipinski definition) is 1. The first-order valence-corrected chi connectivity index (χ1v) is 12.3. The molecular formula is C24H24ClN3O4S. The number of benzene rings is 3. The third-order valence-electron chi connectivity index (χ3n) is 5.50. The normalized spacial score (nSPS) is 14.1. The average Bonchev–Trinajstić information content (AvgIpc) is 2.84. The highest BCUT2D eigenvalue weighted by atomic mass is 35.5. The molecule has 0 aromatic heterocycles. The maximum atomic E-state index is 13.1. The topological polar surface area (TPSA) is 79.0 Å². The van der Waals surface area contributed by atoms with Crippen LogP contribution in [0.25, 0.3) is 0 Å². The molecule has 9 heteroatoms. The number of anilines is 2. The summed E-state index contributed by atoms with van der Waals surface area (Å²) in [5.74, 6) is 0.617. The number of halogens is 1. The number of rotatable bonds is 6. The smallest absolute Gasteiger partial charge is 0.261 e. The molecule has 172 valence electrons. The lowest BCUT2D eigenvalue weighted by Crippen LogP contribution is -2.49. The molecule has 1 N–H and O–H groups in total. The van der Waals surface area contributed by atoms with Gasteiger partial charge in [0.05, 0.1) is 34.0 Å². The molecule has 0 aliphatic carbocycles. The van der Waals surface area contributed by atoms with Gasteiger partial charge in [-0.2, -0.15) is 0 Å². The molecular weight excluding hydrogens is 462 g/mol. The minimum Gasteiger partial charge on any atom is -0.495 e. The second-order valence-electron chi connectivity index (χ2n) is 7.56. The Balaban J connectivity index is 1.43. The Hall–Kier alpha value is -3.23. The third kappa shape index (κ3) is 5.07. The van der Waals surface area contributed by atoms with Crippen molar-refractivity contribution in [3.8, 4) is 5.75 Å². The zero-order valence-electron chi connectivity index (χ0n) is 18.1. The van der Waals surface area contributed by atoms with Crippen LogP contribution in [0, 0.1) is 0 Å². The molecule has 0 spiro atoms. The van der Waals surface area contributed by atoms with Gasteiger partial charge in [-0.05, 0) is 42.5 Å². The first-order chi connectivity index (χ1) is 15.9. The van der Waals surface area contributed by atoms with Crippen LogP contribution >= 0.6 is 11.6 Å². The van der Waals surface area contributed by atoms with Gasteiger partial charge in [0.15, 0.2) is 0 Å². The number of carbonyl (C=O) groups excluding carboxylic acids is 1. The summed E-state index contributed by atoms with van der Waals surface area (Å²) in [6, 6.07) is 20.4. The fraction of sp³-hybridized carbons (Fsp3) is 0.208. The number of ether oxygens (including phenoxy) is 1. The molecule has 0 atom stereocenters. The van der Waals surface area contributed by atoms with Crippen LogP contribution in [0.4, 0.5) is 11.4 Å². The Bertz CT molecular complexity index is 1240. The van der Waals surface area contributed by atoms with Crippen molar-refractivity contribution < 1.29 is 17.9 Å². The Morgan fingerprint density at radius 3 is 2.27 bits per heavy atom. The number of sulfonamides is 1. The predicted molar refractivity (Wildman–Crippen MR) is 130 cm³/mol. The van der Waals surface area contributed by atoms with Gasteiger partial charge in [-0.3, -0.25) is 9.52 Å². The number of nitrogens with zero attached hydrogens (tertiary/aromatic N) is 2. The average molecular weight is 486 g/mol. The Kier molecular flexibility index (Phi) is 6.76. The van der Waals surface area contributed by atoms with E-state index in [-0.39, 0.29) is 15.8 Å². The summed E-state index contributed by atoms with van der Waals surface area (Å²) in [5, 5.41) is 0.195. The number of carbonyl (C=O) groups is 1. The van der Waals surface area contributed by atoms with Gasteiger partial charge >= 0.3 is 0 Å². The summed E-state index contributed by atoms with van der Waals surface area (Å²) >= 11 is 6.37. The van der Waals surface area contributed by atoms with Gasteiger partial charge in [-0.1, -0.05) is 41.9 Å². The van der Waals surface area contributed by atoms with Crippen molar-refractivity contribution in [3.63, 3.8) is 0 Å². The van der Waals surface area contributed by atoms with Gasteiger partial charge in [0.25, 0.3) is 15.9 Å². The van der Waals surface area contributed by atoms with E-state index in [0.29, 0.717) is 37.4 Å². The highest BCUT2D eigenvalue weighted by molar-refractivity contribution is 7.92. The minimum absolute atomic E-state index is 0.147. The van der Waals surface area contributed by atoms with E-state index in [1.807, 2.05) is 24.3 Å². The van der Waals surface area contributed by atoms with Crippen molar-refractivity contribution in [2.24, 2.45) is 0 Å². The number of methoxy groups -OCH3 is 1. The summed E-state index contributed by atoms with van der Waals surface area (Å²) in [4.78, 5) is 17.1. The number of piperazine rings is 1. The zero-order chi connectivity index (χ0) is 23.4. The molecule has 1 heterocycles. The molecule has 3 aromatic rings. The maximum absolute atomic E-state index is 13.1. The van der Waals surface area contributed by atoms with Crippen LogP contribution in [0.1, 0.15) is 10.4 Å². The van der Waals surface area contributed by atoms with Crippen LogP contribution in [-0.4, -0.2) is 52.5 Å². The molecule has 3 aromatic carbocycles. The van der Waals surface area contributed by atoms with E-state index in [2.05, 4.69) is 9.62 Å². The van der Waals surface area contributed by atoms with E-state index in [4.69, 9.17) is 16.3 Å². The van der Waals surface area contributed by atoms with E-state index in [1.165, 1.54) is 18.2 Å². The van der Waals surface area contributed by atoms with Crippen LogP contribution in [0.5, 0.6) is 5.75 Å². The van der Waals surface area contributed by atoms with E-state index >= 15 is 0 Å². The number of nitrogens with one attached hydrogen (secondary N) is 1. The number of amides is 1. The molecule has 0 unspecified atom stereocenters. The van der Waals surface area contributed by atoms with E-state index in [9.17, 15) is 13.2 Å². The highest BCUT2D eigenvalue weighted by Gasteiger charge is 2.25. The standard InChI is InChI=1S/C24H24ClN3O4S/c1-32-23-10-6-5-9-22(23)27-13-15-28(16-14-27)24(29)20-12-11-18(17-21(20)25)26-33(30,31)19-7-3-2-4-8-19/h2-12,17,26H,13-16H2,1H3. The molecule has 4 rings (SSSR count). The van der Waals surface area contributed by atoms with E-state index in [1.54, 1.807) is 42.3 Å². The van der Waals surface area contributed by atoms with Crippen molar-refractivity contribution in [1.29, 1.82) is 0 Å². The molecule has 33 heavy (non-hydrogen) atoms. The molecule has 1 amide bonds. The van der Waals surface area contributed by atoms with Crippen LogP contribution in [0.15, 0.2) is 77.7 Å². The summed E-state index contributed by atoms with van der Waals surface area (Å²) < 4.78 is 33.0. The largest absolute Gasteiger partial charge is 0.495 e. The van der Waals surface area contributed by atoms with Crippen LogP contribution in [-0.2, 0) is 10.0 Å². The summed E-state index contributed by atoms with van der Waals surface area (Å²) in [7, 11) is -2.10. The third-order valence-corrected chi connectivity index (χ3v) is 7.21. The van der Waals surface area contributed by atoms with Gasteiger partial charge in [0.2, 0.25) is 0 Å². The van der Waals surface area contributed by atoms with Crippen molar-refractivity contribution in [3.05, 3.63) is 83.4 Å². The summed E-state index contributed by atoms with van der Waals surface area (Å²) in [6.45, 7) is 2.41. The molecule has 1 aliphatic rings. The second kappa shape index (κ2) is 9.72. The van der Waals surface area contributed by atoms with Crippen molar-refractivity contribution in [2.75, 3.05) is 42.9 Å². The Morgan fingerprint density at radius 1 is 0.939 bits per heavy atom. The summed E-state index contributed by atoms with van der Waals surface area (Å²) in [6.07, 6.45) is 0. The lowest BCUT2D eigenvalue weighted by molar-refractivity contribution is 0.0747. The highest BCUT2D eigenvalue weighted by Crippen LogP contribution is 2.29. The fourth-order valence-electron chi connectivity index (χ4n) is 3.78. The minimum atomic E-state index is -3.74. The SMILES string of the molecule is COc1ccccc1N1CCN(C(=O)c2ccc(NS(=O)(=O)c3ccccc3)cc2Cl)CC1. The predicted octanol–water partition coefficient (Wildman–Crippen LogP) is 4.11.